The van der Waals surface area contributed by atoms with E-state index in [0.29, 0.717) is 5.69 Å². The summed E-state index contributed by atoms with van der Waals surface area (Å²) in [6.07, 6.45) is 3.68. The van der Waals surface area contributed by atoms with Crippen molar-refractivity contribution in [3.05, 3.63) is 59.3 Å². The highest BCUT2D eigenvalue weighted by Crippen LogP contribution is 2.23. The maximum Gasteiger partial charge on any atom is 0.176 e. The van der Waals surface area contributed by atoms with Crippen molar-refractivity contribution in [2.75, 3.05) is 0 Å². The summed E-state index contributed by atoms with van der Waals surface area (Å²) in [7, 11) is 0. The summed E-state index contributed by atoms with van der Waals surface area (Å²) >= 11 is 3.36. The van der Waals surface area contributed by atoms with Gasteiger partial charge < -0.3 is 5.11 Å². The Morgan fingerprint density at radius 2 is 1.78 bits per heavy atom. The molecule has 0 bridgehead atoms. The minimum Gasteiger partial charge on any atom is -0.857 e. The summed E-state index contributed by atoms with van der Waals surface area (Å²) in [4.78, 5) is 4.05. The van der Waals surface area contributed by atoms with Gasteiger partial charge in [0.15, 0.2) is 18.9 Å². The standard InChI is InChI=1S/C13H11BrN2O.ClH/c14-11-6-2-3-7-12(11)15-13(17)10-16-8-4-1-5-9-16;/h1-9H,10H2;1H. The van der Waals surface area contributed by atoms with Gasteiger partial charge in [0.05, 0.1) is 5.69 Å². The summed E-state index contributed by atoms with van der Waals surface area (Å²) in [5.74, 6) is -0.173. The van der Waals surface area contributed by atoms with E-state index in [2.05, 4.69) is 20.9 Å². The molecule has 94 valence electrons. The highest BCUT2D eigenvalue weighted by Gasteiger charge is 1.99. The molecule has 0 amide bonds. The number of hydrogen-bond donors (Lipinski definition) is 0. The summed E-state index contributed by atoms with van der Waals surface area (Å²) in [5, 5.41) is 11.7. The number of pyridine rings is 1. The van der Waals surface area contributed by atoms with Gasteiger partial charge in [0, 0.05) is 22.5 Å². The maximum absolute atomic E-state index is 11.7. The fourth-order valence-corrected chi connectivity index (χ4v) is 1.78. The molecule has 18 heavy (non-hydrogen) atoms. The van der Waals surface area contributed by atoms with E-state index in [9.17, 15) is 5.11 Å². The Kier molecular flexibility index (Phi) is 5.82. The van der Waals surface area contributed by atoms with Gasteiger partial charge in [-0.25, -0.2) is 4.57 Å². The smallest absolute Gasteiger partial charge is 0.176 e. The summed E-state index contributed by atoms with van der Waals surface area (Å²) < 4.78 is 2.62. The predicted molar refractivity (Wildman–Crippen MR) is 75.1 cm³/mol. The second-order valence-electron chi connectivity index (χ2n) is 3.50. The van der Waals surface area contributed by atoms with Crippen LogP contribution in [0.25, 0.3) is 0 Å². The lowest BCUT2D eigenvalue weighted by atomic mass is 10.3. The number of benzene rings is 1. The van der Waals surface area contributed by atoms with Crippen molar-refractivity contribution < 1.29 is 9.67 Å². The molecule has 0 saturated carbocycles. The first-order valence-corrected chi connectivity index (χ1v) is 5.98. The van der Waals surface area contributed by atoms with Gasteiger partial charge in [0.1, 0.15) is 0 Å². The highest BCUT2D eigenvalue weighted by atomic mass is 79.9. The molecule has 5 heteroatoms. The molecule has 0 spiro atoms. The Hall–Kier alpha value is -1.39. The van der Waals surface area contributed by atoms with Crippen LogP contribution in [-0.2, 0) is 6.54 Å². The minimum atomic E-state index is -0.173. The van der Waals surface area contributed by atoms with Crippen molar-refractivity contribution in [3.63, 3.8) is 0 Å². The Morgan fingerprint density at radius 3 is 2.44 bits per heavy atom. The van der Waals surface area contributed by atoms with E-state index in [1.807, 2.05) is 48.8 Å². The first kappa shape index (κ1) is 14.7. The summed E-state index contributed by atoms with van der Waals surface area (Å²) in [6, 6.07) is 13.1. The van der Waals surface area contributed by atoms with Gasteiger partial charge in [-0.2, -0.15) is 0 Å². The Bertz CT molecular complexity index is 532. The van der Waals surface area contributed by atoms with E-state index in [1.165, 1.54) is 0 Å². The van der Waals surface area contributed by atoms with Crippen LogP contribution in [0.1, 0.15) is 0 Å². The number of para-hydroxylation sites is 1. The van der Waals surface area contributed by atoms with E-state index in [0.717, 1.165) is 4.47 Å². The quantitative estimate of drug-likeness (QED) is 0.484. The van der Waals surface area contributed by atoms with Gasteiger partial charge in [-0.3, -0.25) is 4.99 Å². The Labute approximate surface area is 120 Å². The fourth-order valence-electron chi connectivity index (χ4n) is 1.41. The van der Waals surface area contributed by atoms with Crippen molar-refractivity contribution in [3.8, 4) is 0 Å². The predicted octanol–water partition coefficient (Wildman–Crippen LogP) is 2.25. The molecule has 0 radical (unpaired) electrons. The van der Waals surface area contributed by atoms with Gasteiger partial charge in [-0.1, -0.05) is 18.2 Å². The van der Waals surface area contributed by atoms with E-state index < -0.39 is 0 Å². The monoisotopic (exact) mass is 326 g/mol. The molecule has 1 aromatic carbocycles. The molecule has 0 aliphatic heterocycles. The third-order valence-electron chi connectivity index (χ3n) is 2.19. The molecular formula is C13H12BrClN2O. The number of aliphatic imine (C=N–C) groups is 1. The SMILES string of the molecule is Cl.[O-]C(C[n+]1ccccc1)=Nc1ccccc1Br. The third-order valence-corrected chi connectivity index (χ3v) is 2.86. The van der Waals surface area contributed by atoms with E-state index in [4.69, 9.17) is 0 Å². The van der Waals surface area contributed by atoms with Gasteiger partial charge in [-0.05, 0) is 28.1 Å². The zero-order chi connectivity index (χ0) is 12.1. The van der Waals surface area contributed by atoms with Crippen molar-refractivity contribution in [2.24, 2.45) is 4.99 Å². The molecular weight excluding hydrogens is 316 g/mol. The topological polar surface area (TPSA) is 39.3 Å². The van der Waals surface area contributed by atoms with Gasteiger partial charge in [-0.15, -0.1) is 12.4 Å². The fraction of sp³-hybridized carbons (Fsp3) is 0.0769. The highest BCUT2D eigenvalue weighted by molar-refractivity contribution is 9.10. The van der Waals surface area contributed by atoms with Crippen molar-refractivity contribution in [1.29, 1.82) is 0 Å². The second kappa shape index (κ2) is 7.13. The number of aromatic nitrogens is 1. The molecule has 2 aromatic rings. The number of halogens is 2. The maximum atomic E-state index is 11.7. The number of rotatable bonds is 3. The van der Waals surface area contributed by atoms with Crippen LogP contribution in [0, 0.1) is 0 Å². The zero-order valence-corrected chi connectivity index (χ0v) is 11.9. The first-order valence-electron chi connectivity index (χ1n) is 5.19. The lowest BCUT2D eigenvalue weighted by Gasteiger charge is -2.07. The van der Waals surface area contributed by atoms with E-state index in [-0.39, 0.29) is 24.8 Å². The molecule has 0 unspecified atom stereocenters. The molecule has 2 rings (SSSR count). The molecule has 0 N–H and O–H groups in total. The molecule has 1 heterocycles. The van der Waals surface area contributed by atoms with Gasteiger partial charge in [0.2, 0.25) is 0 Å². The number of nitrogens with zero attached hydrogens (tertiary/aromatic N) is 2. The van der Waals surface area contributed by atoms with E-state index in [1.54, 1.807) is 10.6 Å². The van der Waals surface area contributed by atoms with Crippen molar-refractivity contribution in [1.82, 2.24) is 0 Å². The molecule has 0 aliphatic rings. The second-order valence-corrected chi connectivity index (χ2v) is 4.36. The molecule has 0 saturated heterocycles. The average Bonchev–Trinajstić information content (AvgIpc) is 2.33. The third kappa shape index (κ3) is 4.13. The molecule has 0 atom stereocenters. The summed E-state index contributed by atoms with van der Waals surface area (Å²) in [5.41, 5.74) is 0.661. The van der Waals surface area contributed by atoms with Crippen LogP contribution in [0.3, 0.4) is 0 Å². The largest absolute Gasteiger partial charge is 0.857 e. The first-order chi connectivity index (χ1) is 8.25. The van der Waals surface area contributed by atoms with Crippen LogP contribution >= 0.6 is 28.3 Å². The Balaban J connectivity index is 0.00000162. The van der Waals surface area contributed by atoms with Crippen molar-refractivity contribution >= 4 is 39.9 Å². The normalized spacial score (nSPS) is 10.8. The van der Waals surface area contributed by atoms with Crippen LogP contribution in [0.5, 0.6) is 0 Å². The number of hydrogen-bond acceptors (Lipinski definition) is 2. The molecule has 3 nitrogen and oxygen atoms in total. The molecule has 1 aromatic heterocycles. The van der Waals surface area contributed by atoms with Crippen LogP contribution in [0.4, 0.5) is 5.69 Å². The van der Waals surface area contributed by atoms with Crippen LogP contribution < -0.4 is 9.67 Å². The molecule has 0 aliphatic carbocycles. The average molecular weight is 328 g/mol. The lowest BCUT2D eigenvalue weighted by molar-refractivity contribution is -0.687. The lowest BCUT2D eigenvalue weighted by Crippen LogP contribution is -2.41. The van der Waals surface area contributed by atoms with E-state index >= 15 is 0 Å². The Morgan fingerprint density at radius 1 is 1.11 bits per heavy atom. The van der Waals surface area contributed by atoms with Gasteiger partial charge >= 0.3 is 0 Å². The zero-order valence-electron chi connectivity index (χ0n) is 9.49. The van der Waals surface area contributed by atoms with Crippen molar-refractivity contribution in [2.45, 2.75) is 6.54 Å². The minimum absolute atomic E-state index is 0. The van der Waals surface area contributed by atoms with Gasteiger partial charge in [0.25, 0.3) is 0 Å². The van der Waals surface area contributed by atoms with Crippen LogP contribution in [-0.4, -0.2) is 5.90 Å². The molecule has 0 fully saturated rings. The summed E-state index contributed by atoms with van der Waals surface area (Å²) in [6.45, 7) is 0.252. The van der Waals surface area contributed by atoms with Crippen LogP contribution in [0.15, 0.2) is 64.3 Å². The van der Waals surface area contributed by atoms with Crippen LogP contribution in [0.2, 0.25) is 0 Å².